The topological polar surface area (TPSA) is 149 Å². The smallest absolute Gasteiger partial charge is 0.220 e. The Balaban J connectivity index is 2.14. The number of hydrogen-bond acceptors (Lipinski definition) is 8. The number of rotatable bonds is 43. The molecule has 9 heteroatoms. The number of unbranched alkanes of at least 4 members (excludes halogenated alkanes) is 15. The summed E-state index contributed by atoms with van der Waals surface area (Å²) in [5.41, 5.74) is 0. The predicted molar refractivity (Wildman–Crippen MR) is 285 cm³/mol. The molecule has 9 nitrogen and oxygen atoms in total. The lowest BCUT2D eigenvalue weighted by molar-refractivity contribution is -0.302. The largest absolute Gasteiger partial charge is 0.394 e. The first-order chi connectivity index (χ1) is 33.3. The number of ether oxygens (including phenoxy) is 2. The molecule has 6 N–H and O–H groups in total. The lowest BCUT2D eigenvalue weighted by atomic mass is 9.99. The standard InChI is InChI=1S/C59H97NO8/c1-3-5-7-9-11-13-15-16-17-18-19-20-21-22-23-24-25-26-27-28-29-30-31-32-33-34-35-36-37-38-39-41-43-45-47-49-55(63)60-52(51-67-59-58(66)57(65)56(64)54(50-61)68-59)53(62)48-46-44-42-40-14-12-10-8-6-4-2/h5-8,11,13-14,16-17,19-20,22-23,25-26,28-29,40,46,48,52-54,56-59,61-62,64-66H,3-4,9-10,12,15,18,21,24,27,30-39,41-45,47,49-51H2,1-2H3,(H,60,63)/b7-5-,8-6+,13-11-,17-16-,20-19-,23-22-,26-25-,29-28-,40-14+,48-46+. The maximum absolute atomic E-state index is 13.0. The third-order valence-electron chi connectivity index (χ3n) is 11.8. The van der Waals surface area contributed by atoms with Crippen molar-refractivity contribution in [3.63, 3.8) is 0 Å². The molecule has 1 rings (SSSR count). The number of carbonyl (C=O) groups excluding carboxylic acids is 1. The van der Waals surface area contributed by atoms with E-state index in [4.69, 9.17) is 9.47 Å². The van der Waals surface area contributed by atoms with Gasteiger partial charge in [0.1, 0.15) is 24.4 Å². The van der Waals surface area contributed by atoms with Crippen LogP contribution in [0, 0.1) is 0 Å². The van der Waals surface area contributed by atoms with E-state index in [9.17, 15) is 30.3 Å². The fourth-order valence-electron chi connectivity index (χ4n) is 7.59. The second-order valence-corrected chi connectivity index (χ2v) is 17.9. The normalized spacial score (nSPS) is 20.6. The van der Waals surface area contributed by atoms with Gasteiger partial charge >= 0.3 is 0 Å². The number of aliphatic hydroxyl groups excluding tert-OH is 5. The molecule has 0 bridgehead atoms. The summed E-state index contributed by atoms with van der Waals surface area (Å²) in [7, 11) is 0. The van der Waals surface area contributed by atoms with Crippen molar-refractivity contribution in [2.75, 3.05) is 13.2 Å². The molecule has 68 heavy (non-hydrogen) atoms. The second kappa shape index (κ2) is 47.3. The van der Waals surface area contributed by atoms with E-state index < -0.39 is 49.5 Å². The Labute approximate surface area is 414 Å². The van der Waals surface area contributed by atoms with Gasteiger partial charge in [0.05, 0.1) is 25.4 Å². The summed E-state index contributed by atoms with van der Waals surface area (Å²) < 4.78 is 11.2. The van der Waals surface area contributed by atoms with Crippen molar-refractivity contribution in [3.05, 3.63) is 122 Å². The minimum Gasteiger partial charge on any atom is -0.394 e. The molecular formula is C59H97NO8. The third kappa shape index (κ3) is 36.6. The maximum Gasteiger partial charge on any atom is 0.220 e. The zero-order valence-electron chi connectivity index (χ0n) is 42.6. The van der Waals surface area contributed by atoms with Gasteiger partial charge in [-0.05, 0) is 96.3 Å². The first kappa shape index (κ1) is 62.6. The quantitative estimate of drug-likeness (QED) is 0.0261. The van der Waals surface area contributed by atoms with Crippen LogP contribution in [-0.4, -0.2) is 87.5 Å². The van der Waals surface area contributed by atoms with E-state index in [1.54, 1.807) is 6.08 Å². The van der Waals surface area contributed by atoms with Crippen LogP contribution in [-0.2, 0) is 14.3 Å². The zero-order valence-corrected chi connectivity index (χ0v) is 42.6. The van der Waals surface area contributed by atoms with Crippen molar-refractivity contribution < 1.29 is 39.8 Å². The van der Waals surface area contributed by atoms with E-state index in [2.05, 4.69) is 129 Å². The Morgan fingerprint density at radius 2 is 0.882 bits per heavy atom. The highest BCUT2D eigenvalue weighted by Crippen LogP contribution is 2.22. The van der Waals surface area contributed by atoms with Gasteiger partial charge in [-0.15, -0.1) is 0 Å². The van der Waals surface area contributed by atoms with E-state index in [-0.39, 0.29) is 12.5 Å². The fraction of sp³-hybridized carbons (Fsp3) is 0.644. The highest BCUT2D eigenvalue weighted by Gasteiger charge is 2.44. The van der Waals surface area contributed by atoms with Crippen molar-refractivity contribution >= 4 is 5.91 Å². The zero-order chi connectivity index (χ0) is 49.4. The third-order valence-corrected chi connectivity index (χ3v) is 11.8. The number of carbonyl (C=O) groups is 1. The molecule has 0 radical (unpaired) electrons. The number of allylic oxidation sites excluding steroid dienone is 19. The van der Waals surface area contributed by atoms with E-state index in [0.29, 0.717) is 6.42 Å². The number of aliphatic hydroxyl groups is 5. The Kier molecular flexibility index (Phi) is 43.5. The van der Waals surface area contributed by atoms with Crippen LogP contribution in [0.4, 0.5) is 0 Å². The molecular weight excluding hydrogens is 851 g/mol. The van der Waals surface area contributed by atoms with Gasteiger partial charge in [0, 0.05) is 6.42 Å². The van der Waals surface area contributed by atoms with Gasteiger partial charge in [-0.1, -0.05) is 206 Å². The van der Waals surface area contributed by atoms with Crippen LogP contribution >= 0.6 is 0 Å². The fourth-order valence-corrected chi connectivity index (χ4v) is 7.59. The summed E-state index contributed by atoms with van der Waals surface area (Å²) in [6, 6.07) is -0.834. The molecule has 386 valence electrons. The van der Waals surface area contributed by atoms with Crippen molar-refractivity contribution in [3.8, 4) is 0 Å². The summed E-state index contributed by atoms with van der Waals surface area (Å²) in [6.45, 7) is 3.49. The first-order valence-electron chi connectivity index (χ1n) is 26.8. The molecule has 0 aromatic heterocycles. The van der Waals surface area contributed by atoms with Gasteiger partial charge in [0.15, 0.2) is 6.29 Å². The summed E-state index contributed by atoms with van der Waals surface area (Å²) in [4.78, 5) is 13.0. The summed E-state index contributed by atoms with van der Waals surface area (Å²) in [5, 5.41) is 54.1. The van der Waals surface area contributed by atoms with E-state index in [1.807, 2.05) is 6.08 Å². The minimum absolute atomic E-state index is 0.201. The van der Waals surface area contributed by atoms with Gasteiger partial charge < -0.3 is 40.3 Å². The molecule has 1 amide bonds. The van der Waals surface area contributed by atoms with E-state index >= 15 is 0 Å². The Hall–Kier alpha value is -3.41. The van der Waals surface area contributed by atoms with Crippen molar-refractivity contribution in [1.29, 1.82) is 0 Å². The van der Waals surface area contributed by atoms with Crippen LogP contribution < -0.4 is 5.32 Å². The van der Waals surface area contributed by atoms with E-state index in [0.717, 1.165) is 96.3 Å². The Morgan fingerprint density at radius 3 is 1.35 bits per heavy atom. The molecule has 0 spiro atoms. The monoisotopic (exact) mass is 948 g/mol. The molecule has 1 saturated heterocycles. The molecule has 1 aliphatic heterocycles. The summed E-state index contributed by atoms with van der Waals surface area (Å²) in [6.07, 6.45) is 64.3. The highest BCUT2D eigenvalue weighted by atomic mass is 16.7. The van der Waals surface area contributed by atoms with Crippen molar-refractivity contribution in [2.24, 2.45) is 0 Å². The molecule has 0 aliphatic carbocycles. The van der Waals surface area contributed by atoms with Gasteiger partial charge in [0.2, 0.25) is 5.91 Å². The van der Waals surface area contributed by atoms with Gasteiger partial charge in [0.25, 0.3) is 0 Å². The molecule has 1 aliphatic rings. The maximum atomic E-state index is 13.0. The van der Waals surface area contributed by atoms with Crippen LogP contribution in [0.1, 0.15) is 187 Å². The molecule has 7 atom stereocenters. The Bertz CT molecular complexity index is 1470. The van der Waals surface area contributed by atoms with Crippen LogP contribution in [0.15, 0.2) is 122 Å². The lowest BCUT2D eigenvalue weighted by Crippen LogP contribution is -2.60. The van der Waals surface area contributed by atoms with Crippen LogP contribution in [0.5, 0.6) is 0 Å². The van der Waals surface area contributed by atoms with Gasteiger partial charge in [-0.25, -0.2) is 0 Å². The summed E-state index contributed by atoms with van der Waals surface area (Å²) in [5.74, 6) is -0.201. The lowest BCUT2D eigenvalue weighted by Gasteiger charge is -2.40. The number of amides is 1. The van der Waals surface area contributed by atoms with Crippen molar-refractivity contribution in [1.82, 2.24) is 5.32 Å². The molecule has 1 fully saturated rings. The molecule has 0 aromatic carbocycles. The van der Waals surface area contributed by atoms with Crippen LogP contribution in [0.3, 0.4) is 0 Å². The second-order valence-electron chi connectivity index (χ2n) is 17.9. The average Bonchev–Trinajstić information content (AvgIpc) is 3.34. The SMILES string of the molecule is CC/C=C\C/C=C\C/C=C\C/C=C\C/C=C\C/C=C\C/C=C\CCCCCCCCCCCCCCCC(=O)NC(COC1OC(CO)C(O)C(O)C1O)C(O)/C=C/CC/C=C/CC/C=C/CC. The van der Waals surface area contributed by atoms with Crippen LogP contribution in [0.2, 0.25) is 0 Å². The Morgan fingerprint density at radius 1 is 0.500 bits per heavy atom. The van der Waals surface area contributed by atoms with E-state index in [1.165, 1.54) is 70.6 Å². The minimum atomic E-state index is -1.58. The molecule has 1 heterocycles. The molecule has 0 aromatic rings. The summed E-state index contributed by atoms with van der Waals surface area (Å²) >= 11 is 0. The van der Waals surface area contributed by atoms with Crippen molar-refractivity contribution in [2.45, 2.75) is 230 Å². The van der Waals surface area contributed by atoms with Gasteiger partial charge in [-0.3, -0.25) is 4.79 Å². The number of hydrogen-bond donors (Lipinski definition) is 6. The molecule has 0 saturated carbocycles. The molecule has 7 unspecified atom stereocenters. The number of nitrogens with one attached hydrogen (secondary N) is 1. The highest BCUT2D eigenvalue weighted by molar-refractivity contribution is 5.76. The van der Waals surface area contributed by atoms with Gasteiger partial charge in [-0.2, -0.15) is 0 Å². The average molecular weight is 948 g/mol. The first-order valence-corrected chi connectivity index (χ1v) is 26.8. The van der Waals surface area contributed by atoms with Crippen LogP contribution in [0.25, 0.3) is 0 Å². The predicted octanol–water partition coefficient (Wildman–Crippen LogP) is 12.8.